The number of nitrogens with one attached hydrogen (secondary N) is 1. The lowest BCUT2D eigenvalue weighted by atomic mass is 10.2. The number of benzene rings is 1. The molecule has 1 atom stereocenters. The van der Waals surface area contributed by atoms with E-state index in [2.05, 4.69) is 11.9 Å². The Morgan fingerprint density at radius 3 is 2.68 bits per heavy atom. The molecule has 1 aliphatic heterocycles. The Balaban J connectivity index is 1.96. The number of hydrogen-bond donors (Lipinski definition) is 1. The van der Waals surface area contributed by atoms with Crippen LogP contribution in [0.3, 0.4) is 0 Å². The van der Waals surface area contributed by atoms with Crippen molar-refractivity contribution in [3.05, 3.63) is 48.3 Å². The zero-order valence-electron chi connectivity index (χ0n) is 10.4. The maximum absolute atomic E-state index is 12.8. The molecular weight excluding hydrogens is 247 g/mol. The van der Waals surface area contributed by atoms with Crippen LogP contribution in [0.2, 0.25) is 0 Å². The van der Waals surface area contributed by atoms with Gasteiger partial charge in [0.15, 0.2) is 0 Å². The van der Waals surface area contributed by atoms with Crippen LogP contribution >= 0.6 is 0 Å². The van der Waals surface area contributed by atoms with Gasteiger partial charge in [0, 0.05) is 24.7 Å². The van der Waals surface area contributed by atoms with Gasteiger partial charge in [0.25, 0.3) is 5.91 Å². The van der Waals surface area contributed by atoms with E-state index in [9.17, 15) is 14.0 Å². The number of halogens is 1. The Hall–Kier alpha value is -2.17. The molecule has 1 aromatic rings. The Bertz CT molecular complexity index is 499. The highest BCUT2D eigenvalue weighted by Crippen LogP contribution is 2.14. The van der Waals surface area contributed by atoms with Crippen LogP contribution in [0.25, 0.3) is 0 Å². The first-order valence-electron chi connectivity index (χ1n) is 6.08. The molecule has 1 N–H and O–H groups in total. The molecule has 19 heavy (non-hydrogen) atoms. The summed E-state index contributed by atoms with van der Waals surface area (Å²) in [5.74, 6) is -0.745. The molecule has 1 aliphatic rings. The van der Waals surface area contributed by atoms with E-state index in [-0.39, 0.29) is 23.7 Å². The van der Waals surface area contributed by atoms with E-state index in [0.717, 1.165) is 0 Å². The number of likely N-dealkylation sites (tertiary alicyclic amines) is 1. The van der Waals surface area contributed by atoms with Crippen molar-refractivity contribution in [3.63, 3.8) is 0 Å². The highest BCUT2D eigenvalue weighted by Gasteiger charge is 2.27. The minimum atomic E-state index is -0.367. The van der Waals surface area contributed by atoms with E-state index < -0.39 is 0 Å². The van der Waals surface area contributed by atoms with Crippen LogP contribution in [-0.2, 0) is 4.79 Å². The number of rotatable bonds is 3. The summed E-state index contributed by atoms with van der Waals surface area (Å²) >= 11 is 0. The third-order valence-corrected chi connectivity index (χ3v) is 3.10. The summed E-state index contributed by atoms with van der Waals surface area (Å²) in [6.07, 6.45) is 1.93. The van der Waals surface area contributed by atoms with Crippen molar-refractivity contribution < 1.29 is 14.0 Å². The average molecular weight is 262 g/mol. The molecule has 0 spiro atoms. The fourth-order valence-electron chi connectivity index (χ4n) is 2.10. The smallest absolute Gasteiger partial charge is 0.253 e. The van der Waals surface area contributed by atoms with Gasteiger partial charge >= 0.3 is 0 Å². The molecule has 100 valence electrons. The van der Waals surface area contributed by atoms with E-state index >= 15 is 0 Å². The van der Waals surface area contributed by atoms with Crippen molar-refractivity contribution in [3.8, 4) is 0 Å². The summed E-state index contributed by atoms with van der Waals surface area (Å²) in [7, 11) is 0. The third kappa shape index (κ3) is 3.19. The molecule has 0 saturated carbocycles. The fraction of sp³-hybridized carbons (Fsp3) is 0.286. The molecule has 4 nitrogen and oxygen atoms in total. The number of nitrogens with zero attached hydrogens (tertiary/aromatic N) is 1. The van der Waals surface area contributed by atoms with E-state index in [1.165, 1.54) is 30.3 Å². The SMILES string of the molecule is C=CC(=O)N[C@H]1CCN(C(=O)c2ccc(F)cc2)C1. The predicted octanol–water partition coefficient (Wildman–Crippen LogP) is 1.34. The Morgan fingerprint density at radius 2 is 2.05 bits per heavy atom. The fourth-order valence-corrected chi connectivity index (χ4v) is 2.10. The van der Waals surface area contributed by atoms with Crippen molar-refractivity contribution in [2.75, 3.05) is 13.1 Å². The molecule has 2 amide bonds. The first-order valence-corrected chi connectivity index (χ1v) is 6.08. The normalized spacial score (nSPS) is 18.2. The van der Waals surface area contributed by atoms with Crippen LogP contribution in [0.4, 0.5) is 4.39 Å². The van der Waals surface area contributed by atoms with Gasteiger partial charge in [-0.15, -0.1) is 0 Å². The highest BCUT2D eigenvalue weighted by atomic mass is 19.1. The monoisotopic (exact) mass is 262 g/mol. The lowest BCUT2D eigenvalue weighted by Gasteiger charge is -2.16. The summed E-state index contributed by atoms with van der Waals surface area (Å²) in [4.78, 5) is 25.0. The van der Waals surface area contributed by atoms with Crippen LogP contribution in [0.5, 0.6) is 0 Å². The first kappa shape index (κ1) is 13.3. The van der Waals surface area contributed by atoms with Crippen molar-refractivity contribution in [2.24, 2.45) is 0 Å². The molecule has 1 fully saturated rings. The standard InChI is InChI=1S/C14H15FN2O2/c1-2-13(18)16-12-7-8-17(9-12)14(19)10-3-5-11(15)6-4-10/h2-6,12H,1,7-9H2,(H,16,18)/t12-/m0/s1. The van der Waals surface area contributed by atoms with Crippen LogP contribution in [0.15, 0.2) is 36.9 Å². The molecule has 1 aromatic carbocycles. The molecule has 1 heterocycles. The Kier molecular flexibility index (Phi) is 3.94. The van der Waals surface area contributed by atoms with Crippen molar-refractivity contribution in [1.29, 1.82) is 0 Å². The molecule has 0 aromatic heterocycles. The van der Waals surface area contributed by atoms with E-state index in [1.54, 1.807) is 4.90 Å². The van der Waals surface area contributed by atoms with Gasteiger partial charge in [-0.3, -0.25) is 9.59 Å². The average Bonchev–Trinajstić information content (AvgIpc) is 2.87. The van der Waals surface area contributed by atoms with Crippen LogP contribution in [-0.4, -0.2) is 35.8 Å². The predicted molar refractivity (Wildman–Crippen MR) is 69.0 cm³/mol. The number of carbonyl (C=O) groups excluding carboxylic acids is 2. The van der Waals surface area contributed by atoms with E-state index in [0.29, 0.717) is 25.1 Å². The quantitative estimate of drug-likeness (QED) is 0.836. The minimum absolute atomic E-state index is 0.0464. The molecule has 0 aliphatic carbocycles. The summed E-state index contributed by atoms with van der Waals surface area (Å²) in [6, 6.07) is 5.41. The lowest BCUT2D eigenvalue weighted by Crippen LogP contribution is -2.37. The van der Waals surface area contributed by atoms with Gasteiger partial charge in [-0.25, -0.2) is 4.39 Å². The van der Waals surface area contributed by atoms with E-state index in [4.69, 9.17) is 0 Å². The number of carbonyl (C=O) groups is 2. The molecule has 0 bridgehead atoms. The second-order valence-corrected chi connectivity index (χ2v) is 4.46. The zero-order valence-corrected chi connectivity index (χ0v) is 10.4. The van der Waals surface area contributed by atoms with Gasteiger partial charge in [0.1, 0.15) is 5.82 Å². The second-order valence-electron chi connectivity index (χ2n) is 4.46. The highest BCUT2D eigenvalue weighted by molar-refractivity contribution is 5.94. The summed E-state index contributed by atoms with van der Waals surface area (Å²) < 4.78 is 12.8. The summed E-state index contributed by atoms with van der Waals surface area (Å²) in [5, 5.41) is 2.76. The van der Waals surface area contributed by atoms with Crippen LogP contribution < -0.4 is 5.32 Å². The van der Waals surface area contributed by atoms with Gasteiger partial charge < -0.3 is 10.2 Å². The number of amides is 2. The van der Waals surface area contributed by atoms with Crippen molar-refractivity contribution in [2.45, 2.75) is 12.5 Å². The Labute approximate surface area is 110 Å². The third-order valence-electron chi connectivity index (χ3n) is 3.10. The van der Waals surface area contributed by atoms with Crippen LogP contribution in [0.1, 0.15) is 16.8 Å². The molecule has 1 saturated heterocycles. The first-order chi connectivity index (χ1) is 9.10. The lowest BCUT2D eigenvalue weighted by molar-refractivity contribution is -0.117. The van der Waals surface area contributed by atoms with E-state index in [1.807, 2.05) is 0 Å². The molecule has 0 radical (unpaired) electrons. The molecular formula is C14H15FN2O2. The molecule has 2 rings (SSSR count). The van der Waals surface area contributed by atoms with Gasteiger partial charge in [-0.05, 0) is 36.8 Å². The van der Waals surface area contributed by atoms with Crippen molar-refractivity contribution >= 4 is 11.8 Å². The van der Waals surface area contributed by atoms with Gasteiger partial charge in [-0.1, -0.05) is 6.58 Å². The molecule has 0 unspecified atom stereocenters. The van der Waals surface area contributed by atoms with Gasteiger partial charge in [-0.2, -0.15) is 0 Å². The van der Waals surface area contributed by atoms with Crippen molar-refractivity contribution in [1.82, 2.24) is 10.2 Å². The van der Waals surface area contributed by atoms with Gasteiger partial charge in [0.2, 0.25) is 5.91 Å². The zero-order chi connectivity index (χ0) is 13.8. The maximum Gasteiger partial charge on any atom is 0.253 e. The summed E-state index contributed by atoms with van der Waals surface area (Å²) in [6.45, 7) is 4.43. The second kappa shape index (κ2) is 5.65. The maximum atomic E-state index is 12.8. The Morgan fingerprint density at radius 1 is 1.37 bits per heavy atom. The topological polar surface area (TPSA) is 49.4 Å². The van der Waals surface area contributed by atoms with Gasteiger partial charge in [0.05, 0.1) is 0 Å². The summed E-state index contributed by atoms with van der Waals surface area (Å²) in [5.41, 5.74) is 0.456. The largest absolute Gasteiger partial charge is 0.348 e. The minimum Gasteiger partial charge on any atom is -0.348 e. The molecule has 5 heteroatoms. The van der Waals surface area contributed by atoms with Crippen LogP contribution in [0, 0.1) is 5.82 Å². The number of hydrogen-bond acceptors (Lipinski definition) is 2.